The van der Waals surface area contributed by atoms with Crippen molar-refractivity contribution >= 4 is 23.2 Å². The number of ether oxygens (including phenoxy) is 1. The van der Waals surface area contributed by atoms with Crippen LogP contribution in [-0.2, 0) is 0 Å². The molecule has 1 amide bonds. The summed E-state index contributed by atoms with van der Waals surface area (Å²) < 4.78 is 5.83. The van der Waals surface area contributed by atoms with Crippen LogP contribution in [0.15, 0.2) is 12.1 Å². The summed E-state index contributed by atoms with van der Waals surface area (Å²) in [5, 5.41) is 3.54. The Morgan fingerprint density at radius 2 is 2.12 bits per heavy atom. The summed E-state index contributed by atoms with van der Waals surface area (Å²) in [6.07, 6.45) is 4.11. The van der Waals surface area contributed by atoms with Gasteiger partial charge >= 0.3 is 0 Å². The Kier molecular flexibility index (Phi) is 5.64. The summed E-state index contributed by atoms with van der Waals surface area (Å²) in [5.74, 6) is 5.96. The molecular weight excluding hydrogens is 350 g/mol. The van der Waals surface area contributed by atoms with Crippen LogP contribution in [0, 0.1) is 11.8 Å². The van der Waals surface area contributed by atoms with E-state index in [1.165, 1.54) is 6.42 Å². The van der Waals surface area contributed by atoms with E-state index < -0.39 is 0 Å². The summed E-state index contributed by atoms with van der Waals surface area (Å²) in [7, 11) is 2.15. The first kappa shape index (κ1) is 18.9. The Bertz CT molecular complexity index is 755. The van der Waals surface area contributed by atoms with Gasteiger partial charge in [-0.25, -0.2) is 0 Å². The molecule has 2 saturated heterocycles. The number of rotatable bonds is 4. The molecule has 5 nitrogen and oxygen atoms in total. The van der Waals surface area contributed by atoms with Crippen molar-refractivity contribution < 1.29 is 9.53 Å². The minimum atomic E-state index is -0.344. The fourth-order valence-corrected chi connectivity index (χ4v) is 4.28. The first-order chi connectivity index (χ1) is 12.4. The van der Waals surface area contributed by atoms with Crippen LogP contribution in [-0.4, -0.2) is 42.1 Å². The monoisotopic (exact) mass is 375 g/mol. The number of nitrogen functional groups attached to an aromatic ring is 1. The zero-order valence-corrected chi connectivity index (χ0v) is 16.3. The van der Waals surface area contributed by atoms with E-state index >= 15 is 0 Å². The van der Waals surface area contributed by atoms with Gasteiger partial charge in [-0.15, -0.1) is 5.92 Å². The molecule has 3 rings (SSSR count). The van der Waals surface area contributed by atoms with E-state index in [0.29, 0.717) is 34.1 Å². The molecule has 2 heterocycles. The lowest BCUT2D eigenvalue weighted by Gasteiger charge is -2.37. The third-order valence-corrected chi connectivity index (χ3v) is 5.81. The SMILES string of the molecule is CC#C[C@H](C)Oc1cc(N)c(Cl)cc1C(=O)N[C@H]1CCC2CCC1N2C. The molecule has 2 bridgehead atoms. The number of benzene rings is 1. The average molecular weight is 376 g/mol. The predicted molar refractivity (Wildman–Crippen MR) is 104 cm³/mol. The van der Waals surface area contributed by atoms with E-state index in [1.807, 2.05) is 6.92 Å². The van der Waals surface area contributed by atoms with Crippen LogP contribution in [0.3, 0.4) is 0 Å². The number of nitrogens with zero attached hydrogens (tertiary/aromatic N) is 1. The topological polar surface area (TPSA) is 67.6 Å². The molecule has 0 spiro atoms. The largest absolute Gasteiger partial charge is 0.477 e. The first-order valence-corrected chi connectivity index (χ1v) is 9.49. The molecule has 2 aliphatic heterocycles. The molecule has 26 heavy (non-hydrogen) atoms. The van der Waals surface area contributed by atoms with Gasteiger partial charge in [-0.3, -0.25) is 9.69 Å². The normalized spacial score (nSPS) is 25.9. The van der Waals surface area contributed by atoms with Crippen molar-refractivity contribution in [1.82, 2.24) is 10.2 Å². The van der Waals surface area contributed by atoms with Gasteiger partial charge in [0.05, 0.1) is 16.3 Å². The molecule has 0 aromatic heterocycles. The molecule has 2 aliphatic rings. The van der Waals surface area contributed by atoms with E-state index in [4.69, 9.17) is 22.1 Å². The predicted octanol–water partition coefficient (Wildman–Crippen LogP) is 3.07. The summed E-state index contributed by atoms with van der Waals surface area (Å²) in [4.78, 5) is 15.4. The number of halogens is 1. The highest BCUT2D eigenvalue weighted by molar-refractivity contribution is 6.33. The lowest BCUT2D eigenvalue weighted by atomic mass is 9.97. The molecular formula is C20H26ClN3O2. The van der Waals surface area contributed by atoms with Crippen molar-refractivity contribution in [1.29, 1.82) is 0 Å². The van der Waals surface area contributed by atoms with Crippen molar-refractivity contribution in [2.45, 2.75) is 63.8 Å². The highest BCUT2D eigenvalue weighted by atomic mass is 35.5. The van der Waals surface area contributed by atoms with Gasteiger partial charge in [-0.05, 0) is 52.6 Å². The van der Waals surface area contributed by atoms with E-state index in [0.717, 1.165) is 19.3 Å². The minimum absolute atomic E-state index is 0.142. The molecule has 2 unspecified atom stereocenters. The second kappa shape index (κ2) is 7.77. The number of nitrogens with one attached hydrogen (secondary N) is 1. The van der Waals surface area contributed by atoms with Crippen LogP contribution < -0.4 is 15.8 Å². The number of anilines is 1. The molecule has 0 aliphatic carbocycles. The molecule has 1 aromatic rings. The van der Waals surface area contributed by atoms with Crippen molar-refractivity contribution in [3.8, 4) is 17.6 Å². The molecule has 0 radical (unpaired) electrons. The summed E-state index contributed by atoms with van der Waals surface area (Å²) in [5.41, 5.74) is 6.68. The van der Waals surface area contributed by atoms with Gasteiger partial charge in [0.25, 0.3) is 5.91 Å². The highest BCUT2D eigenvalue weighted by Gasteiger charge is 2.40. The molecule has 0 saturated carbocycles. The number of piperidine rings is 1. The molecule has 3 N–H and O–H groups in total. The Morgan fingerprint density at radius 1 is 1.38 bits per heavy atom. The number of hydrogen-bond acceptors (Lipinski definition) is 4. The quantitative estimate of drug-likeness (QED) is 0.627. The lowest BCUT2D eigenvalue weighted by Crippen LogP contribution is -2.52. The van der Waals surface area contributed by atoms with Crippen LogP contribution in [0.25, 0.3) is 0 Å². The fourth-order valence-electron chi connectivity index (χ4n) is 4.12. The fraction of sp³-hybridized carbons (Fsp3) is 0.550. The Morgan fingerprint density at radius 3 is 2.85 bits per heavy atom. The Balaban J connectivity index is 1.81. The number of fused-ring (bicyclic) bond motifs is 2. The third kappa shape index (κ3) is 3.77. The number of carbonyl (C=O) groups excluding carboxylic acids is 1. The maximum Gasteiger partial charge on any atom is 0.255 e. The van der Waals surface area contributed by atoms with Gasteiger partial charge in [0.1, 0.15) is 5.75 Å². The second-order valence-corrected chi connectivity index (χ2v) is 7.55. The van der Waals surface area contributed by atoms with Crippen molar-refractivity contribution in [2.24, 2.45) is 0 Å². The van der Waals surface area contributed by atoms with E-state index in [-0.39, 0.29) is 18.1 Å². The smallest absolute Gasteiger partial charge is 0.255 e. The Labute approximate surface area is 160 Å². The van der Waals surface area contributed by atoms with Gasteiger partial charge < -0.3 is 15.8 Å². The number of likely N-dealkylation sites (N-methyl/N-ethyl adjacent to an activating group) is 1. The standard InChI is InChI=1S/C20H26ClN3O2/c1-4-5-12(2)26-19-11-16(22)15(21)10-14(19)20(25)23-17-8-6-13-7-9-18(17)24(13)3/h10-13,17-18H,6-9,22H2,1-3H3,(H,23,25)/t12-,13?,17-,18?/m0/s1. The van der Waals surface area contributed by atoms with Crippen molar-refractivity contribution in [2.75, 3.05) is 12.8 Å². The summed E-state index contributed by atoms with van der Waals surface area (Å²) in [6.45, 7) is 3.58. The van der Waals surface area contributed by atoms with Crippen LogP contribution in [0.1, 0.15) is 49.9 Å². The molecule has 4 atom stereocenters. The van der Waals surface area contributed by atoms with E-state index in [2.05, 4.69) is 29.1 Å². The van der Waals surface area contributed by atoms with Crippen molar-refractivity contribution in [3.05, 3.63) is 22.7 Å². The number of hydrogen-bond donors (Lipinski definition) is 2. The zero-order chi connectivity index (χ0) is 18.8. The van der Waals surface area contributed by atoms with Crippen LogP contribution >= 0.6 is 11.6 Å². The molecule has 1 aromatic carbocycles. The molecule has 2 fully saturated rings. The third-order valence-electron chi connectivity index (χ3n) is 5.48. The first-order valence-electron chi connectivity index (χ1n) is 9.11. The van der Waals surface area contributed by atoms with Gasteiger partial charge in [-0.1, -0.05) is 17.5 Å². The molecule has 6 heteroatoms. The van der Waals surface area contributed by atoms with Gasteiger partial charge in [-0.2, -0.15) is 0 Å². The van der Waals surface area contributed by atoms with Crippen LogP contribution in [0.2, 0.25) is 5.02 Å². The van der Waals surface area contributed by atoms with E-state index in [1.54, 1.807) is 19.1 Å². The average Bonchev–Trinajstić information content (AvgIpc) is 2.82. The Hall–Kier alpha value is -1.90. The maximum absolute atomic E-state index is 13.0. The lowest BCUT2D eigenvalue weighted by molar-refractivity contribution is 0.0851. The van der Waals surface area contributed by atoms with Gasteiger partial charge in [0, 0.05) is 24.2 Å². The van der Waals surface area contributed by atoms with E-state index in [9.17, 15) is 4.79 Å². The summed E-state index contributed by atoms with van der Waals surface area (Å²) >= 11 is 6.16. The zero-order valence-electron chi connectivity index (χ0n) is 15.5. The number of nitrogens with two attached hydrogens (primary N) is 1. The number of carbonyl (C=O) groups is 1. The van der Waals surface area contributed by atoms with Crippen LogP contribution in [0.5, 0.6) is 5.75 Å². The van der Waals surface area contributed by atoms with Gasteiger partial charge in [0.2, 0.25) is 0 Å². The second-order valence-electron chi connectivity index (χ2n) is 7.15. The van der Waals surface area contributed by atoms with Crippen molar-refractivity contribution in [3.63, 3.8) is 0 Å². The highest BCUT2D eigenvalue weighted by Crippen LogP contribution is 2.35. The van der Waals surface area contributed by atoms with Crippen LogP contribution in [0.4, 0.5) is 5.69 Å². The summed E-state index contributed by atoms with van der Waals surface area (Å²) in [6, 6.07) is 4.38. The minimum Gasteiger partial charge on any atom is -0.477 e. The van der Waals surface area contributed by atoms with Gasteiger partial charge in [0.15, 0.2) is 6.10 Å². The number of amides is 1. The molecule has 140 valence electrons. The maximum atomic E-state index is 13.0.